The number of amides is 2. The molecule has 3 rings (SSSR count). The van der Waals surface area contributed by atoms with Crippen LogP contribution in [0.15, 0.2) is 12.4 Å². The molecule has 2 amide bonds. The molecule has 2 fully saturated rings. The quantitative estimate of drug-likeness (QED) is 0.796. The first-order valence-corrected chi connectivity index (χ1v) is 9.64. The van der Waals surface area contributed by atoms with Crippen LogP contribution in [-0.4, -0.2) is 71.1 Å². The van der Waals surface area contributed by atoms with Crippen LogP contribution in [0.2, 0.25) is 0 Å². The number of aromatic nitrogens is 2. The molecule has 26 heavy (non-hydrogen) atoms. The summed E-state index contributed by atoms with van der Waals surface area (Å²) in [6.45, 7) is 6.03. The minimum atomic E-state index is 0.0533. The van der Waals surface area contributed by atoms with Crippen molar-refractivity contribution in [1.82, 2.24) is 19.4 Å². The average molecular weight is 362 g/mol. The molecule has 0 N–H and O–H groups in total. The number of imidazole rings is 1. The summed E-state index contributed by atoms with van der Waals surface area (Å²) in [6.07, 6.45) is 7.47. The first-order valence-electron chi connectivity index (χ1n) is 9.64. The first-order chi connectivity index (χ1) is 12.6. The number of carbonyl (C=O) groups is 2. The van der Waals surface area contributed by atoms with Crippen molar-refractivity contribution in [2.75, 3.05) is 39.9 Å². The molecular weight excluding hydrogens is 332 g/mol. The van der Waals surface area contributed by atoms with E-state index in [1.165, 1.54) is 0 Å². The number of piperidine rings is 2. The van der Waals surface area contributed by atoms with Gasteiger partial charge < -0.3 is 19.1 Å². The summed E-state index contributed by atoms with van der Waals surface area (Å²) in [5, 5.41) is 0. The van der Waals surface area contributed by atoms with Crippen LogP contribution >= 0.6 is 0 Å². The van der Waals surface area contributed by atoms with E-state index < -0.39 is 0 Å². The fourth-order valence-corrected chi connectivity index (χ4v) is 4.15. The maximum absolute atomic E-state index is 13.0. The van der Waals surface area contributed by atoms with Crippen molar-refractivity contribution < 1.29 is 14.3 Å². The third-order valence-electron chi connectivity index (χ3n) is 5.67. The van der Waals surface area contributed by atoms with Crippen LogP contribution in [0.3, 0.4) is 0 Å². The summed E-state index contributed by atoms with van der Waals surface area (Å²) in [5.41, 5.74) is 0. The van der Waals surface area contributed by atoms with Gasteiger partial charge in [-0.25, -0.2) is 4.98 Å². The van der Waals surface area contributed by atoms with Gasteiger partial charge in [-0.15, -0.1) is 0 Å². The molecule has 0 aliphatic carbocycles. The fourth-order valence-electron chi connectivity index (χ4n) is 4.15. The molecule has 2 aliphatic rings. The van der Waals surface area contributed by atoms with Gasteiger partial charge in [0.15, 0.2) is 0 Å². The van der Waals surface area contributed by atoms with Gasteiger partial charge in [-0.1, -0.05) is 0 Å². The van der Waals surface area contributed by atoms with E-state index >= 15 is 0 Å². The van der Waals surface area contributed by atoms with E-state index in [1.807, 2.05) is 22.2 Å². The average Bonchev–Trinajstić information content (AvgIpc) is 3.14. The molecule has 7 nitrogen and oxygen atoms in total. The molecule has 0 bridgehead atoms. The molecule has 7 heteroatoms. The number of ether oxygens (including phenoxy) is 1. The zero-order chi connectivity index (χ0) is 18.5. The summed E-state index contributed by atoms with van der Waals surface area (Å²) < 4.78 is 7.33. The Hall–Kier alpha value is -1.89. The van der Waals surface area contributed by atoms with Gasteiger partial charge in [-0.2, -0.15) is 0 Å². The smallest absolute Gasteiger partial charge is 0.225 e. The van der Waals surface area contributed by atoms with Gasteiger partial charge in [-0.05, 0) is 25.7 Å². The van der Waals surface area contributed by atoms with E-state index in [2.05, 4.69) is 9.55 Å². The standard InChI is InChI=1S/C19H30N4O3/c1-15(24)21-9-5-16(6-10-21)19(25)23-8-3-4-17(14-23)18-20-7-11-22(18)12-13-26-2/h7,11,16-17H,3-6,8-10,12-14H2,1-2H3/t17-/m0/s1. The van der Waals surface area contributed by atoms with Crippen molar-refractivity contribution >= 4 is 11.8 Å². The SMILES string of the molecule is COCCn1ccnc1[C@H]1CCCN(C(=O)C2CCN(C(C)=O)CC2)C1. The molecule has 2 saturated heterocycles. The Morgan fingerprint density at radius 2 is 1.96 bits per heavy atom. The second kappa shape index (κ2) is 8.66. The van der Waals surface area contributed by atoms with Gasteiger partial charge in [-0.3, -0.25) is 9.59 Å². The van der Waals surface area contributed by atoms with Crippen molar-refractivity contribution in [3.05, 3.63) is 18.2 Å². The van der Waals surface area contributed by atoms with Crippen LogP contribution < -0.4 is 0 Å². The number of likely N-dealkylation sites (tertiary alicyclic amines) is 2. The van der Waals surface area contributed by atoms with E-state index in [-0.39, 0.29) is 23.7 Å². The first kappa shape index (κ1) is 18.9. The van der Waals surface area contributed by atoms with Crippen molar-refractivity contribution in [3.8, 4) is 0 Å². The van der Waals surface area contributed by atoms with Gasteiger partial charge in [0.1, 0.15) is 5.82 Å². The lowest BCUT2D eigenvalue weighted by atomic mass is 9.92. The van der Waals surface area contributed by atoms with Gasteiger partial charge in [0.05, 0.1) is 6.61 Å². The largest absolute Gasteiger partial charge is 0.383 e. The Labute approximate surface area is 155 Å². The van der Waals surface area contributed by atoms with Crippen LogP contribution in [0.4, 0.5) is 0 Å². The predicted molar refractivity (Wildman–Crippen MR) is 97.6 cm³/mol. The Morgan fingerprint density at radius 3 is 2.65 bits per heavy atom. The Balaban J connectivity index is 1.59. The molecular formula is C19H30N4O3. The zero-order valence-corrected chi connectivity index (χ0v) is 15.9. The van der Waals surface area contributed by atoms with E-state index in [0.29, 0.717) is 19.7 Å². The summed E-state index contributed by atoms with van der Waals surface area (Å²) in [4.78, 5) is 32.9. The number of hydrogen-bond acceptors (Lipinski definition) is 4. The highest BCUT2D eigenvalue weighted by Crippen LogP contribution is 2.28. The molecule has 144 valence electrons. The van der Waals surface area contributed by atoms with Crippen LogP contribution in [0.25, 0.3) is 0 Å². The fraction of sp³-hybridized carbons (Fsp3) is 0.737. The molecule has 0 spiro atoms. The van der Waals surface area contributed by atoms with Crippen LogP contribution in [0.5, 0.6) is 0 Å². The minimum absolute atomic E-state index is 0.0533. The monoisotopic (exact) mass is 362 g/mol. The maximum Gasteiger partial charge on any atom is 0.225 e. The van der Waals surface area contributed by atoms with Gasteiger partial charge >= 0.3 is 0 Å². The van der Waals surface area contributed by atoms with Crippen LogP contribution in [0.1, 0.15) is 44.3 Å². The van der Waals surface area contributed by atoms with Crippen molar-refractivity contribution in [3.63, 3.8) is 0 Å². The second-order valence-corrected chi connectivity index (χ2v) is 7.38. The lowest BCUT2D eigenvalue weighted by Gasteiger charge is -2.37. The number of hydrogen-bond donors (Lipinski definition) is 0. The summed E-state index contributed by atoms with van der Waals surface area (Å²) >= 11 is 0. The van der Waals surface area contributed by atoms with Crippen LogP contribution in [-0.2, 0) is 20.9 Å². The van der Waals surface area contributed by atoms with Gasteiger partial charge in [0.2, 0.25) is 11.8 Å². The Morgan fingerprint density at radius 1 is 1.19 bits per heavy atom. The summed E-state index contributed by atoms with van der Waals surface area (Å²) in [7, 11) is 1.70. The number of carbonyl (C=O) groups excluding carboxylic acids is 2. The Bertz CT molecular complexity index is 622. The Kier molecular flexibility index (Phi) is 6.29. The number of methoxy groups -OCH3 is 1. The number of rotatable bonds is 5. The van der Waals surface area contributed by atoms with E-state index in [4.69, 9.17) is 4.74 Å². The third-order valence-corrected chi connectivity index (χ3v) is 5.67. The lowest BCUT2D eigenvalue weighted by Crippen LogP contribution is -2.46. The number of nitrogens with zero attached hydrogens (tertiary/aromatic N) is 4. The molecule has 1 aromatic heterocycles. The molecule has 3 heterocycles. The molecule has 1 aromatic rings. The topological polar surface area (TPSA) is 67.7 Å². The highest BCUT2D eigenvalue weighted by Gasteiger charge is 2.33. The zero-order valence-electron chi connectivity index (χ0n) is 15.9. The van der Waals surface area contributed by atoms with Crippen molar-refractivity contribution in [2.45, 2.75) is 45.1 Å². The predicted octanol–water partition coefficient (Wildman–Crippen LogP) is 1.49. The van der Waals surface area contributed by atoms with Crippen LogP contribution in [0, 0.1) is 5.92 Å². The molecule has 2 aliphatic heterocycles. The van der Waals surface area contributed by atoms with E-state index in [1.54, 1.807) is 14.0 Å². The molecule has 0 unspecified atom stereocenters. The molecule has 0 radical (unpaired) electrons. The minimum Gasteiger partial charge on any atom is -0.383 e. The van der Waals surface area contributed by atoms with Crippen molar-refractivity contribution in [2.24, 2.45) is 5.92 Å². The highest BCUT2D eigenvalue weighted by atomic mass is 16.5. The second-order valence-electron chi connectivity index (χ2n) is 7.38. The van der Waals surface area contributed by atoms with E-state index in [9.17, 15) is 9.59 Å². The maximum atomic E-state index is 13.0. The third kappa shape index (κ3) is 4.26. The molecule has 1 atom stereocenters. The van der Waals surface area contributed by atoms with Gasteiger partial charge in [0.25, 0.3) is 0 Å². The lowest BCUT2D eigenvalue weighted by molar-refractivity contribution is -0.141. The summed E-state index contributed by atoms with van der Waals surface area (Å²) in [6, 6.07) is 0. The molecule has 0 saturated carbocycles. The van der Waals surface area contributed by atoms with Gasteiger partial charge in [0, 0.05) is 71.0 Å². The van der Waals surface area contributed by atoms with E-state index in [0.717, 1.165) is 51.1 Å². The molecule has 0 aromatic carbocycles. The van der Waals surface area contributed by atoms with Crippen molar-refractivity contribution in [1.29, 1.82) is 0 Å². The highest BCUT2D eigenvalue weighted by molar-refractivity contribution is 5.80. The normalized spacial score (nSPS) is 21.8. The summed E-state index contributed by atoms with van der Waals surface area (Å²) in [5.74, 6) is 1.77.